The van der Waals surface area contributed by atoms with Crippen molar-refractivity contribution in [2.45, 2.75) is 13.0 Å². The third-order valence-corrected chi connectivity index (χ3v) is 3.10. The number of thioether (sulfide) groups is 1. The van der Waals surface area contributed by atoms with Gasteiger partial charge in [-0.15, -0.1) is 11.8 Å². The van der Waals surface area contributed by atoms with Gasteiger partial charge in [0.15, 0.2) is 0 Å². The van der Waals surface area contributed by atoms with Gasteiger partial charge in [-0.25, -0.2) is 4.39 Å². The van der Waals surface area contributed by atoms with Crippen LogP contribution >= 0.6 is 11.8 Å². The highest BCUT2D eigenvalue weighted by atomic mass is 32.2. The van der Waals surface area contributed by atoms with Crippen molar-refractivity contribution < 1.29 is 19.1 Å². The summed E-state index contributed by atoms with van der Waals surface area (Å²) in [4.78, 5) is 21.7. The van der Waals surface area contributed by atoms with Crippen LogP contribution in [-0.2, 0) is 9.59 Å². The molecule has 1 rings (SSSR count). The van der Waals surface area contributed by atoms with Crippen molar-refractivity contribution in [2.24, 2.45) is 0 Å². The quantitative estimate of drug-likeness (QED) is 0.828. The molecule has 0 radical (unpaired) electrons. The summed E-state index contributed by atoms with van der Waals surface area (Å²) in [5.74, 6) is -1.61. The molecule has 0 aliphatic heterocycles. The predicted molar refractivity (Wildman–Crippen MR) is 67.9 cm³/mol. The first kappa shape index (κ1) is 14.5. The molecule has 0 fully saturated rings. The van der Waals surface area contributed by atoms with Gasteiger partial charge in [0.25, 0.3) is 0 Å². The van der Waals surface area contributed by atoms with Gasteiger partial charge in [0.2, 0.25) is 5.91 Å². The SMILES string of the molecule is C[C@@H](NC(=O)CSCC(=O)O)c1cccc(F)c1. The van der Waals surface area contributed by atoms with Crippen molar-refractivity contribution >= 4 is 23.6 Å². The zero-order valence-electron chi connectivity index (χ0n) is 9.85. The van der Waals surface area contributed by atoms with Crippen LogP contribution in [0.5, 0.6) is 0 Å². The number of carboxylic acid groups (broad SMARTS) is 1. The molecular formula is C12H14FNO3S. The molecule has 0 unspecified atom stereocenters. The van der Waals surface area contributed by atoms with Crippen molar-refractivity contribution in [3.05, 3.63) is 35.6 Å². The first-order valence-electron chi connectivity index (χ1n) is 5.33. The topological polar surface area (TPSA) is 66.4 Å². The van der Waals surface area contributed by atoms with Crippen LogP contribution in [0.15, 0.2) is 24.3 Å². The van der Waals surface area contributed by atoms with E-state index in [9.17, 15) is 14.0 Å². The molecule has 18 heavy (non-hydrogen) atoms. The molecule has 0 bridgehead atoms. The van der Waals surface area contributed by atoms with Gasteiger partial charge in [0.1, 0.15) is 5.82 Å². The molecule has 98 valence electrons. The van der Waals surface area contributed by atoms with E-state index in [4.69, 9.17) is 5.11 Å². The van der Waals surface area contributed by atoms with Crippen LogP contribution in [0.2, 0.25) is 0 Å². The molecule has 1 atom stereocenters. The first-order valence-corrected chi connectivity index (χ1v) is 6.49. The molecule has 1 aromatic rings. The van der Waals surface area contributed by atoms with Crippen molar-refractivity contribution in [2.75, 3.05) is 11.5 Å². The fourth-order valence-corrected chi connectivity index (χ4v) is 1.92. The maximum atomic E-state index is 13.0. The Morgan fingerprint density at radius 3 is 2.78 bits per heavy atom. The molecule has 1 amide bonds. The van der Waals surface area contributed by atoms with E-state index in [0.29, 0.717) is 5.56 Å². The number of rotatable bonds is 6. The van der Waals surface area contributed by atoms with E-state index in [-0.39, 0.29) is 29.3 Å². The summed E-state index contributed by atoms with van der Waals surface area (Å²) in [5, 5.41) is 11.1. The summed E-state index contributed by atoms with van der Waals surface area (Å²) in [7, 11) is 0. The molecule has 6 heteroatoms. The van der Waals surface area contributed by atoms with Gasteiger partial charge in [-0.05, 0) is 24.6 Å². The van der Waals surface area contributed by atoms with Crippen LogP contribution in [0.25, 0.3) is 0 Å². The highest BCUT2D eigenvalue weighted by molar-refractivity contribution is 8.00. The molecular weight excluding hydrogens is 257 g/mol. The van der Waals surface area contributed by atoms with E-state index < -0.39 is 5.97 Å². The number of hydrogen-bond donors (Lipinski definition) is 2. The van der Waals surface area contributed by atoms with Gasteiger partial charge in [-0.1, -0.05) is 12.1 Å². The fourth-order valence-electron chi connectivity index (χ4n) is 1.37. The van der Waals surface area contributed by atoms with Gasteiger partial charge in [-0.2, -0.15) is 0 Å². The Kier molecular flexibility index (Phi) is 5.64. The number of amides is 1. The molecule has 0 saturated carbocycles. The first-order chi connectivity index (χ1) is 8.49. The molecule has 1 aromatic carbocycles. The maximum Gasteiger partial charge on any atom is 0.313 e. The summed E-state index contributed by atoms with van der Waals surface area (Å²) >= 11 is 1.02. The van der Waals surface area contributed by atoms with E-state index in [1.165, 1.54) is 12.1 Å². The number of benzene rings is 1. The van der Waals surface area contributed by atoms with E-state index in [0.717, 1.165) is 11.8 Å². The number of hydrogen-bond acceptors (Lipinski definition) is 3. The van der Waals surface area contributed by atoms with Crippen LogP contribution < -0.4 is 5.32 Å². The van der Waals surface area contributed by atoms with Crippen LogP contribution in [-0.4, -0.2) is 28.5 Å². The third-order valence-electron chi connectivity index (χ3n) is 2.18. The zero-order valence-corrected chi connectivity index (χ0v) is 10.7. The third kappa shape index (κ3) is 5.18. The van der Waals surface area contributed by atoms with Crippen LogP contribution in [0.1, 0.15) is 18.5 Å². The van der Waals surface area contributed by atoms with Crippen LogP contribution in [0, 0.1) is 5.82 Å². The Bertz CT molecular complexity index is 439. The Labute approximate surface area is 109 Å². The van der Waals surface area contributed by atoms with Gasteiger partial charge < -0.3 is 10.4 Å². The summed E-state index contributed by atoms with van der Waals surface area (Å²) in [5.41, 5.74) is 0.673. The van der Waals surface area contributed by atoms with Gasteiger partial charge in [0.05, 0.1) is 17.5 Å². The predicted octanol–water partition coefficient (Wildman–Crippen LogP) is 1.82. The van der Waals surface area contributed by atoms with E-state index >= 15 is 0 Å². The lowest BCUT2D eigenvalue weighted by atomic mass is 10.1. The van der Waals surface area contributed by atoms with Gasteiger partial charge in [0, 0.05) is 0 Å². The normalized spacial score (nSPS) is 11.9. The fraction of sp³-hybridized carbons (Fsp3) is 0.333. The van der Waals surface area contributed by atoms with Crippen LogP contribution in [0.3, 0.4) is 0 Å². The second-order valence-electron chi connectivity index (χ2n) is 3.73. The van der Waals surface area contributed by atoms with Gasteiger partial charge in [-0.3, -0.25) is 9.59 Å². The minimum atomic E-state index is -0.953. The smallest absolute Gasteiger partial charge is 0.313 e. The number of carboxylic acids is 1. The summed E-state index contributed by atoms with van der Waals surface area (Å²) in [6.45, 7) is 1.74. The lowest BCUT2D eigenvalue weighted by Gasteiger charge is -2.14. The summed E-state index contributed by atoms with van der Waals surface area (Å²) < 4.78 is 13.0. The highest BCUT2D eigenvalue weighted by Crippen LogP contribution is 2.13. The minimum Gasteiger partial charge on any atom is -0.481 e. The maximum absolute atomic E-state index is 13.0. The van der Waals surface area contributed by atoms with E-state index in [2.05, 4.69) is 5.32 Å². The van der Waals surface area contributed by atoms with Crippen LogP contribution in [0.4, 0.5) is 4.39 Å². The average molecular weight is 271 g/mol. The number of carbonyl (C=O) groups is 2. The van der Waals surface area contributed by atoms with Crippen molar-refractivity contribution in [3.8, 4) is 0 Å². The summed E-state index contributed by atoms with van der Waals surface area (Å²) in [6.07, 6.45) is 0. The number of aliphatic carboxylic acids is 1. The highest BCUT2D eigenvalue weighted by Gasteiger charge is 2.10. The Balaban J connectivity index is 2.42. The molecule has 0 heterocycles. The Morgan fingerprint density at radius 2 is 2.17 bits per heavy atom. The minimum absolute atomic E-state index is 0.0754. The standard InChI is InChI=1S/C12H14FNO3S/c1-8(9-3-2-4-10(13)5-9)14-11(15)6-18-7-12(16)17/h2-5,8H,6-7H2,1H3,(H,14,15)(H,16,17)/t8-/m1/s1. The lowest BCUT2D eigenvalue weighted by molar-refractivity contribution is -0.133. The molecule has 0 spiro atoms. The number of nitrogens with one attached hydrogen (secondary N) is 1. The average Bonchev–Trinajstić information content (AvgIpc) is 2.28. The Hall–Kier alpha value is -1.56. The zero-order chi connectivity index (χ0) is 13.5. The molecule has 2 N–H and O–H groups in total. The molecule has 0 aromatic heterocycles. The number of halogens is 1. The van der Waals surface area contributed by atoms with Crippen molar-refractivity contribution in [1.29, 1.82) is 0 Å². The largest absolute Gasteiger partial charge is 0.481 e. The molecule has 0 aliphatic rings. The van der Waals surface area contributed by atoms with Crippen molar-refractivity contribution in [3.63, 3.8) is 0 Å². The summed E-state index contributed by atoms with van der Waals surface area (Å²) in [6, 6.07) is 5.68. The second-order valence-corrected chi connectivity index (χ2v) is 4.72. The van der Waals surface area contributed by atoms with Gasteiger partial charge >= 0.3 is 5.97 Å². The molecule has 4 nitrogen and oxygen atoms in total. The molecule has 0 saturated heterocycles. The van der Waals surface area contributed by atoms with E-state index in [1.54, 1.807) is 19.1 Å². The Morgan fingerprint density at radius 1 is 1.44 bits per heavy atom. The second kappa shape index (κ2) is 7.00. The number of carbonyl (C=O) groups excluding carboxylic acids is 1. The lowest BCUT2D eigenvalue weighted by Crippen LogP contribution is -2.28. The van der Waals surface area contributed by atoms with E-state index in [1.807, 2.05) is 0 Å². The molecule has 0 aliphatic carbocycles. The van der Waals surface area contributed by atoms with Crippen molar-refractivity contribution in [1.82, 2.24) is 5.32 Å². The monoisotopic (exact) mass is 271 g/mol.